The molecule has 0 rings (SSSR count). The Morgan fingerprint density at radius 3 is 2.29 bits per heavy atom. The van der Waals surface area contributed by atoms with Crippen LogP contribution in [0, 0.1) is 5.92 Å². The predicted octanol–water partition coefficient (Wildman–Crippen LogP) is 0.111. The monoisotopic (exact) mass is 223 g/mol. The van der Waals surface area contributed by atoms with Crippen molar-refractivity contribution in [3.8, 4) is 0 Å². The molecular formula is C9H18ClNO3. The number of hydrogen-bond acceptors (Lipinski definition) is 3. The quantitative estimate of drug-likeness (QED) is 0.560. The Labute approximate surface area is 89.3 Å². The molecule has 14 heavy (non-hydrogen) atoms. The van der Waals surface area contributed by atoms with Crippen molar-refractivity contribution in [2.45, 2.75) is 25.8 Å². The summed E-state index contributed by atoms with van der Waals surface area (Å²) in [6.07, 6.45) is 0.473. The molecular weight excluding hydrogens is 206 g/mol. The minimum Gasteiger partial charge on any atom is -0.394 e. The lowest BCUT2D eigenvalue weighted by Crippen LogP contribution is -2.55. The third-order valence-corrected chi connectivity index (χ3v) is 2.81. The highest BCUT2D eigenvalue weighted by atomic mass is 35.5. The van der Waals surface area contributed by atoms with Gasteiger partial charge in [0.05, 0.1) is 18.8 Å². The molecule has 1 unspecified atom stereocenters. The van der Waals surface area contributed by atoms with Crippen molar-refractivity contribution in [2.24, 2.45) is 5.92 Å². The van der Waals surface area contributed by atoms with E-state index in [0.29, 0.717) is 6.42 Å². The lowest BCUT2D eigenvalue weighted by atomic mass is 9.97. The average Bonchev–Trinajstić information content (AvgIpc) is 2.24. The Morgan fingerprint density at radius 2 is 2.00 bits per heavy atom. The first-order valence-electron chi connectivity index (χ1n) is 4.65. The second-order valence-electron chi connectivity index (χ2n) is 3.49. The maximum atomic E-state index is 11.4. The van der Waals surface area contributed by atoms with E-state index in [4.69, 9.17) is 21.8 Å². The van der Waals surface area contributed by atoms with E-state index < -0.39 is 5.54 Å². The van der Waals surface area contributed by atoms with Gasteiger partial charge in [0.15, 0.2) is 0 Å². The third kappa shape index (κ3) is 3.44. The van der Waals surface area contributed by atoms with E-state index in [9.17, 15) is 4.79 Å². The standard InChI is InChI=1S/C9H18ClNO3/c1-3-9(5-12,6-13)11-8(14)7(2)4-10/h7,12-13H,3-6H2,1-2H3,(H,11,14). The van der Waals surface area contributed by atoms with Gasteiger partial charge in [-0.2, -0.15) is 0 Å². The Kier molecular flexibility index (Phi) is 6.08. The lowest BCUT2D eigenvalue weighted by Gasteiger charge is -2.30. The van der Waals surface area contributed by atoms with Gasteiger partial charge in [0.1, 0.15) is 0 Å². The van der Waals surface area contributed by atoms with Crippen molar-refractivity contribution in [1.29, 1.82) is 0 Å². The molecule has 0 radical (unpaired) electrons. The minimum absolute atomic E-state index is 0.225. The highest BCUT2D eigenvalue weighted by Gasteiger charge is 2.29. The number of carbonyl (C=O) groups is 1. The fourth-order valence-electron chi connectivity index (χ4n) is 0.896. The SMILES string of the molecule is CCC(CO)(CO)NC(=O)C(C)CCl. The summed E-state index contributed by atoms with van der Waals surface area (Å²) in [5, 5.41) is 20.8. The van der Waals surface area contributed by atoms with Gasteiger partial charge in [-0.25, -0.2) is 0 Å². The molecule has 3 N–H and O–H groups in total. The molecule has 0 aromatic carbocycles. The van der Waals surface area contributed by atoms with Gasteiger partial charge in [0.25, 0.3) is 0 Å². The Balaban J connectivity index is 4.37. The van der Waals surface area contributed by atoms with Crippen LogP contribution in [0.1, 0.15) is 20.3 Å². The van der Waals surface area contributed by atoms with Gasteiger partial charge in [-0.05, 0) is 6.42 Å². The first-order valence-corrected chi connectivity index (χ1v) is 5.18. The summed E-state index contributed by atoms with van der Waals surface area (Å²) < 4.78 is 0. The number of amides is 1. The summed E-state index contributed by atoms with van der Waals surface area (Å²) in [5.41, 5.74) is -0.919. The second-order valence-corrected chi connectivity index (χ2v) is 3.80. The van der Waals surface area contributed by atoms with Gasteiger partial charge in [-0.15, -0.1) is 11.6 Å². The number of alkyl halides is 1. The van der Waals surface area contributed by atoms with Gasteiger partial charge >= 0.3 is 0 Å². The molecule has 0 bridgehead atoms. The molecule has 0 fully saturated rings. The van der Waals surface area contributed by atoms with Crippen molar-refractivity contribution in [1.82, 2.24) is 5.32 Å². The molecule has 0 aliphatic carbocycles. The van der Waals surface area contributed by atoms with Crippen LogP contribution in [0.5, 0.6) is 0 Å². The summed E-state index contributed by atoms with van der Waals surface area (Å²) in [6, 6.07) is 0. The summed E-state index contributed by atoms with van der Waals surface area (Å²) in [5.74, 6) is -0.340. The van der Waals surface area contributed by atoms with Crippen molar-refractivity contribution in [2.75, 3.05) is 19.1 Å². The zero-order valence-corrected chi connectivity index (χ0v) is 9.34. The summed E-state index contributed by atoms with van der Waals surface area (Å²) in [6.45, 7) is 2.93. The maximum Gasteiger partial charge on any atom is 0.224 e. The van der Waals surface area contributed by atoms with Crippen molar-refractivity contribution in [3.63, 3.8) is 0 Å². The van der Waals surface area contributed by atoms with Crippen molar-refractivity contribution < 1.29 is 15.0 Å². The summed E-state index contributed by atoms with van der Waals surface area (Å²) in [4.78, 5) is 11.4. The number of aliphatic hydroxyl groups is 2. The lowest BCUT2D eigenvalue weighted by molar-refractivity contribution is -0.127. The van der Waals surface area contributed by atoms with Crippen LogP contribution in [0.15, 0.2) is 0 Å². The topological polar surface area (TPSA) is 69.6 Å². The molecule has 5 heteroatoms. The molecule has 0 heterocycles. The Morgan fingerprint density at radius 1 is 1.50 bits per heavy atom. The molecule has 0 spiro atoms. The highest BCUT2D eigenvalue weighted by molar-refractivity contribution is 6.19. The van der Waals surface area contributed by atoms with E-state index in [1.807, 2.05) is 0 Å². The van der Waals surface area contributed by atoms with Crippen molar-refractivity contribution >= 4 is 17.5 Å². The fraction of sp³-hybridized carbons (Fsp3) is 0.889. The number of carbonyl (C=O) groups excluding carboxylic acids is 1. The average molecular weight is 224 g/mol. The molecule has 1 atom stereocenters. The Hall–Kier alpha value is -0.320. The van der Waals surface area contributed by atoms with Crippen LogP contribution < -0.4 is 5.32 Å². The normalized spacial score (nSPS) is 13.8. The predicted molar refractivity (Wildman–Crippen MR) is 55.2 cm³/mol. The summed E-state index contributed by atoms with van der Waals surface area (Å²) >= 11 is 5.52. The molecule has 0 aliphatic heterocycles. The molecule has 1 amide bonds. The molecule has 0 saturated heterocycles. The van der Waals surface area contributed by atoms with Gasteiger partial charge in [-0.1, -0.05) is 13.8 Å². The van der Waals surface area contributed by atoms with E-state index in [1.165, 1.54) is 0 Å². The van der Waals surface area contributed by atoms with Crippen LogP contribution in [0.25, 0.3) is 0 Å². The molecule has 4 nitrogen and oxygen atoms in total. The molecule has 0 aliphatic rings. The fourth-order valence-corrected chi connectivity index (χ4v) is 1.04. The molecule has 0 aromatic rings. The summed E-state index contributed by atoms with van der Waals surface area (Å²) in [7, 11) is 0. The second kappa shape index (κ2) is 6.22. The molecule has 0 aromatic heterocycles. The van der Waals surface area contributed by atoms with Gasteiger partial charge in [0.2, 0.25) is 5.91 Å². The number of hydrogen-bond donors (Lipinski definition) is 3. The number of rotatable bonds is 6. The third-order valence-electron chi connectivity index (χ3n) is 2.35. The van der Waals surface area contributed by atoms with Crippen molar-refractivity contribution in [3.05, 3.63) is 0 Å². The number of nitrogens with one attached hydrogen (secondary N) is 1. The van der Waals surface area contributed by atoms with Crippen LogP contribution in [-0.2, 0) is 4.79 Å². The van der Waals surface area contributed by atoms with Crippen LogP contribution in [0.2, 0.25) is 0 Å². The largest absolute Gasteiger partial charge is 0.394 e. The van der Waals surface area contributed by atoms with E-state index in [1.54, 1.807) is 13.8 Å². The Bertz CT molecular complexity index is 175. The van der Waals surface area contributed by atoms with E-state index in [0.717, 1.165) is 0 Å². The van der Waals surface area contributed by atoms with E-state index in [2.05, 4.69) is 5.32 Å². The maximum absolute atomic E-state index is 11.4. The van der Waals surface area contributed by atoms with E-state index >= 15 is 0 Å². The van der Waals surface area contributed by atoms with Gasteiger partial charge in [0, 0.05) is 11.8 Å². The minimum atomic E-state index is -0.919. The zero-order chi connectivity index (χ0) is 11.2. The zero-order valence-electron chi connectivity index (χ0n) is 8.59. The number of halogens is 1. The van der Waals surface area contributed by atoms with Crippen LogP contribution in [0.4, 0.5) is 0 Å². The van der Waals surface area contributed by atoms with Crippen LogP contribution in [-0.4, -0.2) is 40.8 Å². The first-order chi connectivity index (χ1) is 6.55. The van der Waals surface area contributed by atoms with Gasteiger partial charge in [-0.3, -0.25) is 4.79 Å². The number of aliphatic hydroxyl groups excluding tert-OH is 2. The molecule has 0 saturated carbocycles. The van der Waals surface area contributed by atoms with Crippen LogP contribution in [0.3, 0.4) is 0 Å². The highest BCUT2D eigenvalue weighted by Crippen LogP contribution is 2.10. The van der Waals surface area contributed by atoms with Gasteiger partial charge < -0.3 is 15.5 Å². The first kappa shape index (κ1) is 13.7. The van der Waals surface area contributed by atoms with Crippen LogP contribution >= 0.6 is 11.6 Å². The molecule has 84 valence electrons. The van der Waals surface area contributed by atoms with E-state index in [-0.39, 0.29) is 30.9 Å². The smallest absolute Gasteiger partial charge is 0.224 e.